The lowest BCUT2D eigenvalue weighted by Crippen LogP contribution is -2.49. The predicted octanol–water partition coefficient (Wildman–Crippen LogP) is 1.94. The van der Waals surface area contributed by atoms with Crippen molar-refractivity contribution in [1.29, 1.82) is 0 Å². The van der Waals surface area contributed by atoms with Gasteiger partial charge in [0, 0.05) is 6.42 Å². The Kier molecular flexibility index (Phi) is 6.09. The van der Waals surface area contributed by atoms with Gasteiger partial charge in [0.2, 0.25) is 5.91 Å². The smallest absolute Gasteiger partial charge is 0.328 e. The summed E-state index contributed by atoms with van der Waals surface area (Å²) in [6, 6.07) is 12.4. The molecule has 126 valence electrons. The van der Waals surface area contributed by atoms with Crippen molar-refractivity contribution in [1.82, 2.24) is 5.32 Å². The molecule has 0 aliphatic carbocycles. The second kappa shape index (κ2) is 8.26. The summed E-state index contributed by atoms with van der Waals surface area (Å²) in [5.41, 5.74) is 6.68. The highest BCUT2D eigenvalue weighted by Crippen LogP contribution is 2.17. The van der Waals surface area contributed by atoms with Gasteiger partial charge in [-0.2, -0.15) is 0 Å². The van der Waals surface area contributed by atoms with Gasteiger partial charge in [-0.3, -0.25) is 4.79 Å². The van der Waals surface area contributed by atoms with Crippen LogP contribution >= 0.6 is 0 Å². The Bertz CT molecular complexity index is 742. The third kappa shape index (κ3) is 4.43. The van der Waals surface area contributed by atoms with E-state index in [9.17, 15) is 9.59 Å². The number of esters is 1. The minimum atomic E-state index is -0.778. The van der Waals surface area contributed by atoms with E-state index in [4.69, 9.17) is 10.5 Å². The van der Waals surface area contributed by atoms with Crippen LogP contribution in [0.25, 0.3) is 10.8 Å². The summed E-state index contributed by atoms with van der Waals surface area (Å²) < 4.78 is 4.80. The molecule has 0 heterocycles. The Balaban J connectivity index is 2.16. The molecule has 0 fully saturated rings. The van der Waals surface area contributed by atoms with Crippen LogP contribution in [0.4, 0.5) is 0 Å². The van der Waals surface area contributed by atoms with E-state index < -0.39 is 24.0 Å². The fourth-order valence-electron chi connectivity index (χ4n) is 2.50. The summed E-state index contributed by atoms with van der Waals surface area (Å²) in [5, 5.41) is 4.86. The molecule has 2 unspecified atom stereocenters. The van der Waals surface area contributed by atoms with Crippen molar-refractivity contribution in [2.75, 3.05) is 7.11 Å². The molecule has 1 amide bonds. The van der Waals surface area contributed by atoms with Crippen LogP contribution < -0.4 is 11.1 Å². The molecule has 2 aromatic carbocycles. The van der Waals surface area contributed by atoms with Gasteiger partial charge in [-0.25, -0.2) is 4.79 Å². The van der Waals surface area contributed by atoms with Gasteiger partial charge in [0.1, 0.15) is 6.04 Å². The van der Waals surface area contributed by atoms with E-state index >= 15 is 0 Å². The van der Waals surface area contributed by atoms with Crippen molar-refractivity contribution in [3.63, 3.8) is 0 Å². The SMILES string of the molecule is C=CCC(N)C(=O)NC(Cc1ccc2ccccc2c1)C(=O)OC. The highest BCUT2D eigenvalue weighted by molar-refractivity contribution is 5.88. The fraction of sp³-hybridized carbons (Fsp3) is 0.263. The summed E-state index contributed by atoms with van der Waals surface area (Å²) >= 11 is 0. The lowest BCUT2D eigenvalue weighted by molar-refractivity contribution is -0.145. The van der Waals surface area contributed by atoms with Crippen molar-refractivity contribution >= 4 is 22.6 Å². The molecule has 0 saturated heterocycles. The number of ether oxygens (including phenoxy) is 1. The predicted molar refractivity (Wildman–Crippen MR) is 94.4 cm³/mol. The van der Waals surface area contributed by atoms with E-state index in [1.54, 1.807) is 6.08 Å². The average Bonchev–Trinajstić information content (AvgIpc) is 2.60. The number of hydrogen-bond donors (Lipinski definition) is 2. The first-order chi connectivity index (χ1) is 11.5. The van der Waals surface area contributed by atoms with Crippen LogP contribution in [0.5, 0.6) is 0 Å². The van der Waals surface area contributed by atoms with E-state index in [0.717, 1.165) is 16.3 Å². The Labute approximate surface area is 141 Å². The Morgan fingerprint density at radius 1 is 1.25 bits per heavy atom. The van der Waals surface area contributed by atoms with Crippen LogP contribution in [0.1, 0.15) is 12.0 Å². The molecule has 5 heteroatoms. The highest BCUT2D eigenvalue weighted by atomic mass is 16.5. The molecule has 0 spiro atoms. The summed E-state index contributed by atoms with van der Waals surface area (Å²) in [6.45, 7) is 3.56. The number of amides is 1. The number of benzene rings is 2. The summed E-state index contributed by atoms with van der Waals surface area (Å²) in [7, 11) is 1.30. The number of methoxy groups -OCH3 is 1. The highest BCUT2D eigenvalue weighted by Gasteiger charge is 2.24. The minimum absolute atomic E-state index is 0.337. The van der Waals surface area contributed by atoms with E-state index in [2.05, 4.69) is 11.9 Å². The van der Waals surface area contributed by atoms with Crippen LogP contribution in [0.15, 0.2) is 55.1 Å². The molecule has 0 aliphatic heterocycles. The molecule has 3 N–H and O–H groups in total. The Morgan fingerprint density at radius 3 is 2.62 bits per heavy atom. The molecular formula is C19H22N2O3. The zero-order valence-corrected chi connectivity index (χ0v) is 13.7. The van der Waals surface area contributed by atoms with E-state index in [-0.39, 0.29) is 0 Å². The minimum Gasteiger partial charge on any atom is -0.467 e. The maximum absolute atomic E-state index is 12.1. The van der Waals surface area contributed by atoms with Gasteiger partial charge in [0.05, 0.1) is 13.2 Å². The number of nitrogens with one attached hydrogen (secondary N) is 1. The number of nitrogens with two attached hydrogens (primary N) is 1. The van der Waals surface area contributed by atoms with Crippen molar-refractivity contribution in [3.8, 4) is 0 Å². The summed E-state index contributed by atoms with van der Waals surface area (Å²) in [4.78, 5) is 24.1. The first-order valence-electron chi connectivity index (χ1n) is 7.77. The molecule has 2 atom stereocenters. The van der Waals surface area contributed by atoms with Crippen LogP contribution in [0.3, 0.4) is 0 Å². The molecule has 5 nitrogen and oxygen atoms in total. The zero-order valence-electron chi connectivity index (χ0n) is 13.7. The molecule has 0 saturated carbocycles. The van der Waals surface area contributed by atoms with Gasteiger partial charge in [0.25, 0.3) is 0 Å². The molecule has 2 aromatic rings. The van der Waals surface area contributed by atoms with Crippen molar-refractivity contribution < 1.29 is 14.3 Å². The first-order valence-corrected chi connectivity index (χ1v) is 7.77. The molecule has 0 bridgehead atoms. The van der Waals surface area contributed by atoms with Crippen molar-refractivity contribution in [2.24, 2.45) is 5.73 Å². The largest absolute Gasteiger partial charge is 0.467 e. The van der Waals surface area contributed by atoms with Crippen LogP contribution in [0, 0.1) is 0 Å². The fourth-order valence-corrected chi connectivity index (χ4v) is 2.50. The molecular weight excluding hydrogens is 304 g/mol. The Hall–Kier alpha value is -2.66. The van der Waals surface area contributed by atoms with Crippen LogP contribution in [-0.2, 0) is 20.7 Å². The lowest BCUT2D eigenvalue weighted by Gasteiger charge is -2.19. The van der Waals surface area contributed by atoms with Crippen molar-refractivity contribution in [3.05, 3.63) is 60.7 Å². The summed E-state index contributed by atoms with van der Waals surface area (Å²) in [5.74, 6) is -0.895. The number of carbonyl (C=O) groups excluding carboxylic acids is 2. The van der Waals surface area contributed by atoms with Gasteiger partial charge in [-0.15, -0.1) is 6.58 Å². The van der Waals surface area contributed by atoms with Gasteiger partial charge in [-0.1, -0.05) is 48.5 Å². The van der Waals surface area contributed by atoms with E-state index in [1.165, 1.54) is 7.11 Å². The van der Waals surface area contributed by atoms with Gasteiger partial charge in [-0.05, 0) is 22.8 Å². The first kappa shape index (κ1) is 17.7. The third-order valence-corrected chi connectivity index (χ3v) is 3.81. The molecule has 0 radical (unpaired) electrons. The standard InChI is InChI=1S/C19H22N2O3/c1-3-6-16(20)18(22)21-17(19(23)24-2)12-13-9-10-14-7-4-5-8-15(14)11-13/h3-5,7-11,16-17H,1,6,12,20H2,2H3,(H,21,22). The average molecular weight is 326 g/mol. The Morgan fingerprint density at radius 2 is 1.96 bits per heavy atom. The van der Waals surface area contributed by atoms with Gasteiger partial charge >= 0.3 is 5.97 Å². The topological polar surface area (TPSA) is 81.4 Å². The maximum atomic E-state index is 12.1. The number of rotatable bonds is 7. The second-order valence-electron chi connectivity index (χ2n) is 5.60. The quantitative estimate of drug-likeness (QED) is 0.602. The third-order valence-electron chi connectivity index (χ3n) is 3.81. The van der Waals surface area contributed by atoms with E-state index in [1.807, 2.05) is 42.5 Å². The van der Waals surface area contributed by atoms with Gasteiger partial charge in [0.15, 0.2) is 0 Å². The molecule has 2 rings (SSSR count). The number of carbonyl (C=O) groups is 2. The second-order valence-corrected chi connectivity index (χ2v) is 5.60. The van der Waals surface area contributed by atoms with Crippen molar-refractivity contribution in [2.45, 2.75) is 24.9 Å². The monoisotopic (exact) mass is 326 g/mol. The zero-order chi connectivity index (χ0) is 17.5. The lowest BCUT2D eigenvalue weighted by atomic mass is 10.0. The van der Waals surface area contributed by atoms with Crippen LogP contribution in [0.2, 0.25) is 0 Å². The molecule has 0 aromatic heterocycles. The maximum Gasteiger partial charge on any atom is 0.328 e. The van der Waals surface area contributed by atoms with Crippen LogP contribution in [-0.4, -0.2) is 31.1 Å². The molecule has 0 aliphatic rings. The van der Waals surface area contributed by atoms with Gasteiger partial charge < -0.3 is 15.8 Å². The van der Waals surface area contributed by atoms with E-state index in [0.29, 0.717) is 12.8 Å². The number of hydrogen-bond acceptors (Lipinski definition) is 4. The normalized spacial score (nSPS) is 13.1. The number of fused-ring (bicyclic) bond motifs is 1. The molecule has 24 heavy (non-hydrogen) atoms. The summed E-state index contributed by atoms with van der Waals surface area (Å²) in [6.07, 6.45) is 2.25.